The summed E-state index contributed by atoms with van der Waals surface area (Å²) >= 11 is -0.0786. The van der Waals surface area contributed by atoms with Crippen LogP contribution in [0.3, 0.4) is 0 Å². The molecule has 0 aliphatic rings. The van der Waals surface area contributed by atoms with E-state index in [1.54, 1.807) is 0 Å². The molecular formula is C9H8N2OSSe. The van der Waals surface area contributed by atoms with Gasteiger partial charge in [0.05, 0.1) is 0 Å². The number of aromatic nitrogens is 2. The number of rotatable bonds is 2. The normalized spacial score (nSPS) is 12.6. The second kappa shape index (κ2) is 4.17. The monoisotopic (exact) mass is 272 g/mol. The molecule has 0 amide bonds. The van der Waals surface area contributed by atoms with E-state index in [1.165, 1.54) is 0 Å². The van der Waals surface area contributed by atoms with Gasteiger partial charge in [-0.3, -0.25) is 0 Å². The van der Waals surface area contributed by atoms with Crippen molar-refractivity contribution in [1.82, 2.24) is 9.19 Å². The molecule has 0 radical (unpaired) electrons. The summed E-state index contributed by atoms with van der Waals surface area (Å²) in [6, 6.07) is 9.42. The average Bonchev–Trinajstić information content (AvgIpc) is 2.65. The van der Waals surface area contributed by atoms with Crippen molar-refractivity contribution < 1.29 is 4.21 Å². The quantitative estimate of drug-likeness (QED) is 0.766. The summed E-state index contributed by atoms with van der Waals surface area (Å²) in [5.74, 6) is 0. The van der Waals surface area contributed by atoms with Gasteiger partial charge in [0.25, 0.3) is 0 Å². The second-order valence-electron chi connectivity index (χ2n) is 2.73. The van der Waals surface area contributed by atoms with Crippen molar-refractivity contribution in [3.63, 3.8) is 0 Å². The summed E-state index contributed by atoms with van der Waals surface area (Å²) in [6.45, 7) is 1.86. The first-order valence-electron chi connectivity index (χ1n) is 4.05. The molecule has 1 aromatic carbocycles. The van der Waals surface area contributed by atoms with E-state index in [2.05, 4.69) is 9.19 Å². The van der Waals surface area contributed by atoms with Crippen LogP contribution in [0.25, 0.3) is 0 Å². The standard InChI is InChI=1S/C9H8N2OSSe/c1-7-9(14-11-10-7)13(12)8-5-3-2-4-6-8/h2-6H,1H3. The molecule has 2 aromatic rings. The van der Waals surface area contributed by atoms with Crippen molar-refractivity contribution in [3.8, 4) is 0 Å². The van der Waals surface area contributed by atoms with Gasteiger partial charge >= 0.3 is 90.5 Å². The van der Waals surface area contributed by atoms with Gasteiger partial charge in [0.1, 0.15) is 0 Å². The molecule has 5 heteroatoms. The molecule has 0 bridgehead atoms. The van der Waals surface area contributed by atoms with Crippen LogP contribution in [-0.4, -0.2) is 28.1 Å². The van der Waals surface area contributed by atoms with Gasteiger partial charge in [0.15, 0.2) is 0 Å². The Balaban J connectivity index is 2.39. The third-order valence-corrected chi connectivity index (χ3v) is 5.72. The Bertz CT molecular complexity index is 455. The van der Waals surface area contributed by atoms with Crippen molar-refractivity contribution >= 4 is 25.5 Å². The van der Waals surface area contributed by atoms with Gasteiger partial charge in [-0.1, -0.05) is 0 Å². The van der Waals surface area contributed by atoms with Crippen molar-refractivity contribution in [2.45, 2.75) is 15.6 Å². The molecule has 0 spiro atoms. The number of hydrogen-bond donors (Lipinski definition) is 0. The zero-order valence-corrected chi connectivity index (χ0v) is 10.0. The molecule has 14 heavy (non-hydrogen) atoms. The van der Waals surface area contributed by atoms with Crippen molar-refractivity contribution in [2.75, 3.05) is 0 Å². The Morgan fingerprint density at radius 3 is 2.57 bits per heavy atom. The molecule has 1 aromatic heterocycles. The van der Waals surface area contributed by atoms with E-state index in [-0.39, 0.29) is 14.7 Å². The van der Waals surface area contributed by atoms with Crippen molar-refractivity contribution in [2.24, 2.45) is 0 Å². The molecule has 0 aliphatic carbocycles. The Kier molecular flexibility index (Phi) is 2.91. The molecule has 1 unspecified atom stereocenters. The van der Waals surface area contributed by atoms with Crippen LogP contribution in [0.1, 0.15) is 5.69 Å². The molecule has 0 saturated carbocycles. The van der Waals surface area contributed by atoms with E-state index >= 15 is 0 Å². The molecule has 1 heterocycles. The van der Waals surface area contributed by atoms with Crippen LogP contribution >= 0.6 is 0 Å². The minimum atomic E-state index is -1.07. The fraction of sp³-hybridized carbons (Fsp3) is 0.111. The first kappa shape index (κ1) is 9.77. The molecule has 3 nitrogen and oxygen atoms in total. The topological polar surface area (TPSA) is 42.9 Å². The molecular weight excluding hydrogens is 263 g/mol. The summed E-state index contributed by atoms with van der Waals surface area (Å²) in [6.07, 6.45) is 0. The number of nitrogens with zero attached hydrogens (tertiary/aromatic N) is 2. The predicted octanol–water partition coefficient (Wildman–Crippen LogP) is 1.01. The van der Waals surface area contributed by atoms with E-state index in [0.717, 1.165) is 14.4 Å². The van der Waals surface area contributed by atoms with Gasteiger partial charge in [0.2, 0.25) is 0 Å². The second-order valence-corrected chi connectivity index (χ2v) is 6.31. The predicted molar refractivity (Wildman–Crippen MR) is 54.8 cm³/mol. The summed E-state index contributed by atoms with van der Waals surface area (Å²) in [5.41, 5.74) is 0.812. The molecule has 0 aliphatic heterocycles. The zero-order chi connectivity index (χ0) is 9.97. The van der Waals surface area contributed by atoms with Crippen LogP contribution in [0.2, 0.25) is 0 Å². The maximum atomic E-state index is 12.0. The Labute approximate surface area is 90.6 Å². The summed E-state index contributed by atoms with van der Waals surface area (Å²) in [7, 11) is -1.07. The third-order valence-electron chi connectivity index (χ3n) is 1.74. The molecule has 72 valence electrons. The summed E-state index contributed by atoms with van der Waals surface area (Å²) < 4.78 is 16.8. The van der Waals surface area contributed by atoms with Crippen LogP contribution in [-0.2, 0) is 10.8 Å². The van der Waals surface area contributed by atoms with Gasteiger partial charge < -0.3 is 0 Å². The van der Waals surface area contributed by atoms with Gasteiger partial charge in [0, 0.05) is 0 Å². The summed E-state index contributed by atoms with van der Waals surface area (Å²) in [4.78, 5) is 0.830. The number of aryl methyl sites for hydroxylation is 1. The summed E-state index contributed by atoms with van der Waals surface area (Å²) in [5, 5.41) is 3.90. The van der Waals surface area contributed by atoms with Gasteiger partial charge in [-0.05, 0) is 0 Å². The first-order valence-corrected chi connectivity index (χ1v) is 6.82. The fourth-order valence-electron chi connectivity index (χ4n) is 1.04. The SMILES string of the molecule is Cc1nn[se]c1S(=O)c1ccccc1. The Morgan fingerprint density at radius 1 is 1.29 bits per heavy atom. The fourth-order valence-corrected chi connectivity index (χ4v) is 4.11. The van der Waals surface area contributed by atoms with E-state index in [1.807, 2.05) is 37.3 Å². The van der Waals surface area contributed by atoms with Gasteiger partial charge in [-0.15, -0.1) is 0 Å². The van der Waals surface area contributed by atoms with E-state index in [4.69, 9.17) is 0 Å². The average molecular weight is 271 g/mol. The van der Waals surface area contributed by atoms with Crippen LogP contribution in [0.4, 0.5) is 0 Å². The van der Waals surface area contributed by atoms with E-state index in [0.29, 0.717) is 0 Å². The molecule has 0 fully saturated rings. The van der Waals surface area contributed by atoms with Crippen LogP contribution in [0, 0.1) is 6.92 Å². The zero-order valence-electron chi connectivity index (χ0n) is 7.51. The van der Waals surface area contributed by atoms with Gasteiger partial charge in [-0.25, -0.2) is 0 Å². The van der Waals surface area contributed by atoms with E-state index in [9.17, 15) is 4.21 Å². The molecule has 2 rings (SSSR count). The molecule has 0 N–H and O–H groups in total. The minimum absolute atomic E-state index is 0.0786. The number of hydrogen-bond acceptors (Lipinski definition) is 3. The number of benzene rings is 1. The first-order chi connectivity index (χ1) is 6.79. The van der Waals surface area contributed by atoms with E-state index < -0.39 is 10.8 Å². The molecule has 1 atom stereocenters. The Hall–Kier alpha value is -0.771. The third kappa shape index (κ3) is 1.85. The van der Waals surface area contributed by atoms with Crippen LogP contribution in [0.5, 0.6) is 0 Å². The Morgan fingerprint density at radius 2 is 2.00 bits per heavy atom. The maximum absolute atomic E-state index is 12.0. The molecule has 0 saturated heterocycles. The van der Waals surface area contributed by atoms with Crippen LogP contribution < -0.4 is 0 Å². The van der Waals surface area contributed by atoms with Crippen LogP contribution in [0.15, 0.2) is 39.0 Å². The van der Waals surface area contributed by atoms with Crippen molar-refractivity contribution in [1.29, 1.82) is 0 Å². The van der Waals surface area contributed by atoms with Crippen molar-refractivity contribution in [3.05, 3.63) is 36.0 Å². The van der Waals surface area contributed by atoms with Gasteiger partial charge in [-0.2, -0.15) is 0 Å².